The van der Waals surface area contributed by atoms with Gasteiger partial charge in [-0.2, -0.15) is 0 Å². The number of aromatic nitrogens is 5. The Hall–Kier alpha value is -2.19. The highest BCUT2D eigenvalue weighted by Gasteiger charge is 2.17. The Balaban J connectivity index is 1.74. The third-order valence-corrected chi connectivity index (χ3v) is 6.74. The van der Waals surface area contributed by atoms with Crippen LogP contribution in [-0.2, 0) is 18.7 Å². The Bertz CT molecular complexity index is 1190. The lowest BCUT2D eigenvalue weighted by Gasteiger charge is -2.12. The van der Waals surface area contributed by atoms with Gasteiger partial charge in [-0.05, 0) is 37.3 Å². The number of hydrogen-bond donors (Lipinski definition) is 0. The summed E-state index contributed by atoms with van der Waals surface area (Å²) >= 11 is 3.33. The van der Waals surface area contributed by atoms with Gasteiger partial charge in [0.25, 0.3) is 5.56 Å². The predicted molar refractivity (Wildman–Crippen MR) is 120 cm³/mol. The van der Waals surface area contributed by atoms with Gasteiger partial charge in [-0.1, -0.05) is 44.7 Å². The van der Waals surface area contributed by atoms with Crippen LogP contribution in [0.5, 0.6) is 0 Å². The first kappa shape index (κ1) is 20.1. The zero-order valence-electron chi connectivity index (χ0n) is 17.0. The van der Waals surface area contributed by atoms with Crippen LogP contribution in [-0.4, -0.2) is 24.1 Å². The number of para-hydroxylation sites is 1. The molecule has 0 unspecified atom stereocenters. The Morgan fingerprint density at radius 3 is 2.83 bits per heavy atom. The molecule has 0 saturated carbocycles. The highest BCUT2D eigenvalue weighted by molar-refractivity contribution is 7.98. The van der Waals surface area contributed by atoms with Crippen molar-refractivity contribution in [3.63, 3.8) is 0 Å². The quantitative estimate of drug-likeness (QED) is 0.378. The molecule has 0 amide bonds. The fraction of sp³-hybridized carbons (Fsp3) is 0.429. The Morgan fingerprint density at radius 2 is 2.03 bits per heavy atom. The second-order valence-electron chi connectivity index (χ2n) is 7.55. The van der Waals surface area contributed by atoms with E-state index in [9.17, 15) is 4.79 Å². The standard InChI is InChI=1S/C21H25N5OS2/c1-4-7-18-22-15(12-28-18)13-29-21-24-23-20-25(11-10-14(2)3)19(27)16-8-5-6-9-17(16)26(20)21/h5-6,8-9,12,14H,4,7,10-11,13H2,1-3H3. The van der Waals surface area contributed by atoms with Gasteiger partial charge in [0.05, 0.1) is 21.6 Å². The molecule has 0 radical (unpaired) electrons. The number of thiazole rings is 1. The minimum Gasteiger partial charge on any atom is -0.276 e. The molecule has 152 valence electrons. The van der Waals surface area contributed by atoms with Gasteiger partial charge in [-0.15, -0.1) is 21.5 Å². The molecule has 0 bridgehead atoms. The van der Waals surface area contributed by atoms with Crippen molar-refractivity contribution in [2.75, 3.05) is 0 Å². The van der Waals surface area contributed by atoms with E-state index in [4.69, 9.17) is 4.98 Å². The average molecular weight is 428 g/mol. The molecule has 0 atom stereocenters. The van der Waals surface area contributed by atoms with Crippen molar-refractivity contribution in [2.24, 2.45) is 5.92 Å². The molecule has 3 aromatic heterocycles. The smallest absolute Gasteiger partial charge is 0.262 e. The van der Waals surface area contributed by atoms with Crippen LogP contribution < -0.4 is 5.56 Å². The van der Waals surface area contributed by atoms with Crippen molar-refractivity contribution in [3.8, 4) is 0 Å². The molecular weight excluding hydrogens is 402 g/mol. The van der Waals surface area contributed by atoms with E-state index in [1.807, 2.05) is 28.7 Å². The maximum Gasteiger partial charge on any atom is 0.262 e. The Kier molecular flexibility index (Phi) is 6.01. The fourth-order valence-corrected chi connectivity index (χ4v) is 5.14. The highest BCUT2D eigenvalue weighted by Crippen LogP contribution is 2.25. The van der Waals surface area contributed by atoms with E-state index in [0.29, 0.717) is 23.6 Å². The molecule has 0 N–H and O–H groups in total. The van der Waals surface area contributed by atoms with Crippen molar-refractivity contribution in [1.29, 1.82) is 0 Å². The van der Waals surface area contributed by atoms with Crippen molar-refractivity contribution >= 4 is 39.8 Å². The van der Waals surface area contributed by atoms with Gasteiger partial charge >= 0.3 is 0 Å². The van der Waals surface area contributed by atoms with Gasteiger partial charge in [0.15, 0.2) is 5.16 Å². The van der Waals surface area contributed by atoms with Crippen LogP contribution in [0.3, 0.4) is 0 Å². The summed E-state index contributed by atoms with van der Waals surface area (Å²) in [6.07, 6.45) is 3.05. The molecule has 4 rings (SSSR count). The number of aryl methyl sites for hydroxylation is 2. The average Bonchev–Trinajstić information content (AvgIpc) is 3.33. The lowest BCUT2D eigenvalue weighted by Crippen LogP contribution is -2.24. The van der Waals surface area contributed by atoms with E-state index >= 15 is 0 Å². The van der Waals surface area contributed by atoms with E-state index in [1.54, 1.807) is 27.7 Å². The summed E-state index contributed by atoms with van der Waals surface area (Å²) in [5.74, 6) is 1.86. The lowest BCUT2D eigenvalue weighted by molar-refractivity contribution is 0.512. The Morgan fingerprint density at radius 1 is 1.21 bits per heavy atom. The summed E-state index contributed by atoms with van der Waals surface area (Å²) in [7, 11) is 0. The number of nitrogens with zero attached hydrogens (tertiary/aromatic N) is 5. The fourth-order valence-electron chi connectivity index (χ4n) is 3.30. The van der Waals surface area contributed by atoms with Crippen LogP contribution in [0.2, 0.25) is 0 Å². The van der Waals surface area contributed by atoms with Gasteiger partial charge in [0.2, 0.25) is 5.78 Å². The van der Waals surface area contributed by atoms with E-state index in [1.165, 1.54) is 5.01 Å². The molecule has 3 heterocycles. The van der Waals surface area contributed by atoms with E-state index in [-0.39, 0.29) is 5.56 Å². The third-order valence-electron chi connectivity index (χ3n) is 4.82. The zero-order chi connectivity index (χ0) is 20.4. The molecule has 1 aromatic carbocycles. The summed E-state index contributed by atoms with van der Waals surface area (Å²) in [4.78, 5) is 17.8. The minimum atomic E-state index is 0.00130. The van der Waals surface area contributed by atoms with Gasteiger partial charge in [-0.25, -0.2) is 4.98 Å². The largest absolute Gasteiger partial charge is 0.276 e. The normalized spacial score (nSPS) is 11.9. The topological polar surface area (TPSA) is 65.1 Å². The van der Waals surface area contributed by atoms with Gasteiger partial charge in [-0.3, -0.25) is 13.8 Å². The van der Waals surface area contributed by atoms with Crippen LogP contribution >= 0.6 is 23.1 Å². The first-order valence-corrected chi connectivity index (χ1v) is 11.9. The summed E-state index contributed by atoms with van der Waals surface area (Å²) in [6.45, 7) is 7.13. The second kappa shape index (κ2) is 8.67. The lowest BCUT2D eigenvalue weighted by atomic mass is 10.1. The molecule has 0 aliphatic heterocycles. The molecule has 0 spiro atoms. The first-order chi connectivity index (χ1) is 14.1. The van der Waals surface area contributed by atoms with Crippen LogP contribution in [0.1, 0.15) is 44.3 Å². The maximum atomic E-state index is 13.1. The molecular formula is C21H25N5OS2. The molecule has 0 aliphatic carbocycles. The number of thioether (sulfide) groups is 1. The number of rotatable bonds is 8. The van der Waals surface area contributed by atoms with Gasteiger partial charge in [0, 0.05) is 17.7 Å². The van der Waals surface area contributed by atoms with Crippen LogP contribution in [0.15, 0.2) is 39.6 Å². The SMILES string of the molecule is CCCc1nc(CSc2nnc3n(CCC(C)C)c(=O)c4ccccc4n23)cs1. The number of benzene rings is 1. The monoisotopic (exact) mass is 427 g/mol. The highest BCUT2D eigenvalue weighted by atomic mass is 32.2. The van der Waals surface area contributed by atoms with E-state index in [2.05, 4.69) is 36.3 Å². The zero-order valence-corrected chi connectivity index (χ0v) is 18.6. The molecule has 6 nitrogen and oxygen atoms in total. The van der Waals surface area contributed by atoms with E-state index in [0.717, 1.165) is 41.4 Å². The summed E-state index contributed by atoms with van der Waals surface area (Å²) in [6, 6.07) is 7.71. The predicted octanol–water partition coefficient (Wildman–Crippen LogP) is 4.79. The van der Waals surface area contributed by atoms with Gasteiger partial charge in [0.1, 0.15) is 0 Å². The van der Waals surface area contributed by atoms with Crippen molar-refractivity contribution in [1.82, 2.24) is 24.1 Å². The summed E-state index contributed by atoms with van der Waals surface area (Å²) < 4.78 is 3.78. The summed E-state index contributed by atoms with van der Waals surface area (Å²) in [5, 5.41) is 13.6. The minimum absolute atomic E-state index is 0.00130. The molecule has 29 heavy (non-hydrogen) atoms. The number of fused-ring (bicyclic) bond motifs is 3. The Labute approximate surface area is 178 Å². The second-order valence-corrected chi connectivity index (χ2v) is 9.43. The molecule has 8 heteroatoms. The van der Waals surface area contributed by atoms with Gasteiger partial charge < -0.3 is 0 Å². The van der Waals surface area contributed by atoms with Crippen LogP contribution in [0, 0.1) is 5.92 Å². The number of hydrogen-bond acceptors (Lipinski definition) is 6. The van der Waals surface area contributed by atoms with Crippen molar-refractivity contribution in [3.05, 3.63) is 50.7 Å². The van der Waals surface area contributed by atoms with Crippen LogP contribution in [0.4, 0.5) is 0 Å². The molecule has 0 aliphatic rings. The first-order valence-electron chi connectivity index (χ1n) is 10.0. The van der Waals surface area contributed by atoms with Crippen molar-refractivity contribution in [2.45, 2.75) is 57.5 Å². The van der Waals surface area contributed by atoms with Crippen molar-refractivity contribution < 1.29 is 0 Å². The molecule has 0 fully saturated rings. The maximum absolute atomic E-state index is 13.1. The molecule has 4 aromatic rings. The van der Waals surface area contributed by atoms with E-state index < -0.39 is 0 Å². The molecule has 0 saturated heterocycles. The third kappa shape index (κ3) is 4.09. The van der Waals surface area contributed by atoms with Crippen LogP contribution in [0.25, 0.3) is 16.7 Å². The summed E-state index contributed by atoms with van der Waals surface area (Å²) in [5.41, 5.74) is 1.92.